The summed E-state index contributed by atoms with van der Waals surface area (Å²) in [4.78, 5) is 25.2. The maximum Gasteiger partial charge on any atom is 0.254 e. The van der Waals surface area contributed by atoms with Crippen LogP contribution < -0.4 is 0 Å². The second-order valence-electron chi connectivity index (χ2n) is 7.17. The van der Waals surface area contributed by atoms with E-state index in [0.29, 0.717) is 11.5 Å². The number of thiazole rings is 1. The van der Waals surface area contributed by atoms with Crippen LogP contribution in [0.5, 0.6) is 0 Å². The minimum absolute atomic E-state index is 0.0113. The molecule has 1 amide bonds. The van der Waals surface area contributed by atoms with Crippen LogP contribution in [0.3, 0.4) is 0 Å². The quantitative estimate of drug-likeness (QED) is 0.674. The number of fused-ring (bicyclic) bond motifs is 1. The number of rotatable bonds is 4. The van der Waals surface area contributed by atoms with Gasteiger partial charge in [-0.2, -0.15) is 0 Å². The largest absolute Gasteiger partial charge is 0.334 e. The minimum atomic E-state index is -0.0172. The molecule has 0 saturated carbocycles. The normalized spacial score (nSPS) is 12.8. The van der Waals surface area contributed by atoms with Crippen molar-refractivity contribution in [3.8, 4) is 0 Å². The first kappa shape index (κ1) is 18.6. The monoisotopic (exact) mass is 370 g/mol. The lowest BCUT2D eigenvalue weighted by Crippen LogP contribution is -2.29. The van der Waals surface area contributed by atoms with E-state index in [4.69, 9.17) is 0 Å². The third-order valence-electron chi connectivity index (χ3n) is 4.98. The van der Waals surface area contributed by atoms with Gasteiger partial charge in [0.1, 0.15) is 5.82 Å². The van der Waals surface area contributed by atoms with Crippen LogP contribution >= 0.6 is 11.3 Å². The van der Waals surface area contributed by atoms with Crippen LogP contribution in [0.4, 0.5) is 0 Å². The number of aromatic nitrogens is 3. The van der Waals surface area contributed by atoms with Gasteiger partial charge in [0.25, 0.3) is 5.91 Å². The van der Waals surface area contributed by atoms with Gasteiger partial charge in [-0.1, -0.05) is 13.8 Å². The van der Waals surface area contributed by atoms with E-state index in [-0.39, 0.29) is 11.9 Å². The number of hydrogen-bond donors (Lipinski definition) is 0. The first-order valence-corrected chi connectivity index (χ1v) is 9.69. The zero-order valence-electron chi connectivity index (χ0n) is 16.5. The highest BCUT2D eigenvalue weighted by molar-refractivity contribution is 7.11. The summed E-state index contributed by atoms with van der Waals surface area (Å²) in [5.74, 6) is 1.35. The van der Waals surface area contributed by atoms with Crippen LogP contribution in [-0.2, 0) is 7.05 Å². The Hall–Kier alpha value is -2.21. The van der Waals surface area contributed by atoms with E-state index in [1.807, 2.05) is 50.7 Å². The molecule has 0 bridgehead atoms. The Balaban J connectivity index is 1.90. The molecule has 1 atom stereocenters. The molecule has 1 aromatic carbocycles. The number of hydrogen-bond acceptors (Lipinski definition) is 4. The molecule has 0 fully saturated rings. The standard InChI is InChI=1S/C20H26N4OS/c1-11(2)19-21-12(3)18(26-19)13(4)23(6)20(25)15-8-9-16-17(10-15)24(7)14(5)22-16/h8-11,13H,1-7H3. The maximum atomic E-state index is 13.1. The first-order valence-electron chi connectivity index (χ1n) is 8.88. The number of carbonyl (C=O) groups is 1. The maximum absolute atomic E-state index is 13.1. The molecule has 6 heteroatoms. The number of benzene rings is 1. The van der Waals surface area contributed by atoms with Gasteiger partial charge in [0.2, 0.25) is 0 Å². The lowest BCUT2D eigenvalue weighted by atomic mass is 10.1. The van der Waals surface area contributed by atoms with E-state index in [9.17, 15) is 4.79 Å². The molecular formula is C20H26N4OS. The van der Waals surface area contributed by atoms with E-state index in [1.165, 1.54) is 0 Å². The SMILES string of the molecule is Cc1nc(C(C)C)sc1C(C)N(C)C(=O)c1ccc2nc(C)n(C)c2c1. The zero-order chi connectivity index (χ0) is 19.2. The average molecular weight is 371 g/mol. The van der Waals surface area contributed by atoms with Crippen LogP contribution in [0.15, 0.2) is 18.2 Å². The Labute approximate surface area is 158 Å². The predicted octanol–water partition coefficient (Wildman–Crippen LogP) is 4.60. The Bertz CT molecular complexity index is 970. The fourth-order valence-electron chi connectivity index (χ4n) is 3.06. The summed E-state index contributed by atoms with van der Waals surface area (Å²) in [6.07, 6.45) is 0. The summed E-state index contributed by atoms with van der Waals surface area (Å²) in [5, 5.41) is 1.12. The predicted molar refractivity (Wildman–Crippen MR) is 107 cm³/mol. The molecule has 0 spiro atoms. The molecule has 2 heterocycles. The average Bonchev–Trinajstić information content (AvgIpc) is 3.13. The lowest BCUT2D eigenvalue weighted by Gasteiger charge is -2.24. The van der Waals surface area contributed by atoms with Gasteiger partial charge in [0.05, 0.1) is 27.8 Å². The van der Waals surface area contributed by atoms with Gasteiger partial charge in [-0.3, -0.25) is 4.79 Å². The summed E-state index contributed by atoms with van der Waals surface area (Å²) in [6.45, 7) is 10.3. The zero-order valence-corrected chi connectivity index (χ0v) is 17.3. The molecule has 0 aliphatic rings. The molecular weight excluding hydrogens is 344 g/mol. The topological polar surface area (TPSA) is 51.0 Å². The summed E-state index contributed by atoms with van der Waals surface area (Å²) in [7, 11) is 3.83. The van der Waals surface area contributed by atoms with Crippen molar-refractivity contribution in [2.45, 2.75) is 46.6 Å². The minimum Gasteiger partial charge on any atom is -0.334 e. The molecule has 3 aromatic rings. The fraction of sp³-hybridized carbons (Fsp3) is 0.450. The highest BCUT2D eigenvalue weighted by Crippen LogP contribution is 2.32. The lowest BCUT2D eigenvalue weighted by molar-refractivity contribution is 0.0744. The molecule has 0 saturated heterocycles. The summed E-state index contributed by atoms with van der Waals surface area (Å²) >= 11 is 1.71. The van der Waals surface area contributed by atoms with Crippen molar-refractivity contribution in [2.75, 3.05) is 7.05 Å². The second-order valence-corrected chi connectivity index (χ2v) is 8.23. The summed E-state index contributed by atoms with van der Waals surface area (Å²) < 4.78 is 2.01. The van der Waals surface area contributed by atoms with Gasteiger partial charge in [-0.05, 0) is 39.0 Å². The van der Waals surface area contributed by atoms with Crippen molar-refractivity contribution in [3.05, 3.63) is 45.2 Å². The molecule has 1 unspecified atom stereocenters. The van der Waals surface area contributed by atoms with Crippen LogP contribution in [-0.4, -0.2) is 32.4 Å². The molecule has 0 N–H and O–H groups in total. The summed E-state index contributed by atoms with van der Waals surface area (Å²) in [5.41, 5.74) is 3.59. The Morgan fingerprint density at radius 1 is 1.19 bits per heavy atom. The van der Waals surface area contributed by atoms with E-state index < -0.39 is 0 Å². The second kappa shape index (κ2) is 6.83. The van der Waals surface area contributed by atoms with Crippen LogP contribution in [0, 0.1) is 13.8 Å². The van der Waals surface area contributed by atoms with Crippen LogP contribution in [0.1, 0.15) is 64.5 Å². The molecule has 3 rings (SSSR count). The first-order chi connectivity index (χ1) is 12.2. The van der Waals surface area contributed by atoms with E-state index in [1.54, 1.807) is 16.2 Å². The molecule has 26 heavy (non-hydrogen) atoms. The molecule has 0 radical (unpaired) electrons. The van der Waals surface area contributed by atoms with Crippen molar-refractivity contribution >= 4 is 28.3 Å². The molecule has 5 nitrogen and oxygen atoms in total. The third kappa shape index (κ3) is 3.14. The molecule has 0 aliphatic carbocycles. The smallest absolute Gasteiger partial charge is 0.254 e. The Kier molecular flexibility index (Phi) is 4.88. The highest BCUT2D eigenvalue weighted by atomic mass is 32.1. The highest BCUT2D eigenvalue weighted by Gasteiger charge is 2.24. The van der Waals surface area contributed by atoms with Crippen molar-refractivity contribution in [3.63, 3.8) is 0 Å². The van der Waals surface area contributed by atoms with Crippen molar-refractivity contribution in [1.29, 1.82) is 0 Å². The van der Waals surface area contributed by atoms with Gasteiger partial charge >= 0.3 is 0 Å². The molecule has 138 valence electrons. The van der Waals surface area contributed by atoms with Crippen molar-refractivity contribution in [1.82, 2.24) is 19.4 Å². The number of imidazole rings is 1. The molecule has 0 aliphatic heterocycles. The fourth-order valence-corrected chi connectivity index (χ4v) is 4.23. The van der Waals surface area contributed by atoms with Crippen LogP contribution in [0.25, 0.3) is 11.0 Å². The number of nitrogens with zero attached hydrogens (tertiary/aromatic N) is 4. The third-order valence-corrected chi connectivity index (χ3v) is 6.60. The van der Waals surface area contributed by atoms with E-state index >= 15 is 0 Å². The van der Waals surface area contributed by atoms with Crippen molar-refractivity contribution in [2.24, 2.45) is 7.05 Å². The Morgan fingerprint density at radius 3 is 2.50 bits per heavy atom. The van der Waals surface area contributed by atoms with E-state index in [2.05, 4.69) is 30.7 Å². The van der Waals surface area contributed by atoms with Crippen molar-refractivity contribution < 1.29 is 4.79 Å². The van der Waals surface area contributed by atoms with Gasteiger partial charge in [-0.25, -0.2) is 9.97 Å². The number of aryl methyl sites for hydroxylation is 3. The van der Waals surface area contributed by atoms with Crippen LogP contribution in [0.2, 0.25) is 0 Å². The Morgan fingerprint density at radius 2 is 1.88 bits per heavy atom. The van der Waals surface area contributed by atoms with Gasteiger partial charge in [0, 0.05) is 30.5 Å². The van der Waals surface area contributed by atoms with Gasteiger partial charge in [-0.15, -0.1) is 11.3 Å². The number of amides is 1. The number of carbonyl (C=O) groups excluding carboxylic acids is 1. The van der Waals surface area contributed by atoms with Gasteiger partial charge in [0.15, 0.2) is 0 Å². The van der Waals surface area contributed by atoms with Gasteiger partial charge < -0.3 is 9.47 Å². The molecule has 2 aromatic heterocycles. The van der Waals surface area contributed by atoms with E-state index in [0.717, 1.165) is 32.4 Å². The summed E-state index contributed by atoms with van der Waals surface area (Å²) in [6, 6.07) is 5.69.